The van der Waals surface area contributed by atoms with Gasteiger partial charge in [0.2, 0.25) is 11.8 Å². The first-order valence-corrected chi connectivity index (χ1v) is 9.57. The Hall–Kier alpha value is -3.22. The number of ketones is 2. The SMILES string of the molecule is CC(=O)c1c(NCc2cc(C)c(C)o2)cccc1C(=O)CC1CCC(=O)NC1=O. The molecule has 0 bridgehead atoms. The summed E-state index contributed by atoms with van der Waals surface area (Å²) in [5, 5.41) is 5.43. The summed E-state index contributed by atoms with van der Waals surface area (Å²) in [5.74, 6) is -0.290. The number of hydrogen-bond donors (Lipinski definition) is 2. The fourth-order valence-corrected chi connectivity index (χ4v) is 3.50. The Morgan fingerprint density at radius 1 is 1.24 bits per heavy atom. The summed E-state index contributed by atoms with van der Waals surface area (Å²) in [4.78, 5) is 48.5. The third-order valence-corrected chi connectivity index (χ3v) is 5.17. The second kappa shape index (κ2) is 8.43. The molecule has 1 unspecified atom stereocenters. The van der Waals surface area contributed by atoms with Crippen LogP contribution >= 0.6 is 0 Å². The van der Waals surface area contributed by atoms with Crippen LogP contribution in [0.25, 0.3) is 0 Å². The van der Waals surface area contributed by atoms with E-state index in [9.17, 15) is 19.2 Å². The van der Waals surface area contributed by atoms with E-state index >= 15 is 0 Å². The van der Waals surface area contributed by atoms with Crippen LogP contribution in [0, 0.1) is 19.8 Å². The van der Waals surface area contributed by atoms with Crippen molar-refractivity contribution in [1.82, 2.24) is 5.32 Å². The zero-order chi connectivity index (χ0) is 21.1. The number of aryl methyl sites for hydroxylation is 2. The monoisotopic (exact) mass is 396 g/mol. The van der Waals surface area contributed by atoms with E-state index < -0.39 is 11.8 Å². The first kappa shape index (κ1) is 20.5. The van der Waals surface area contributed by atoms with Gasteiger partial charge < -0.3 is 9.73 Å². The first-order valence-electron chi connectivity index (χ1n) is 9.57. The van der Waals surface area contributed by atoms with Crippen molar-refractivity contribution in [2.45, 2.75) is 46.6 Å². The molecule has 1 aliphatic rings. The van der Waals surface area contributed by atoms with Crippen LogP contribution in [0.4, 0.5) is 5.69 Å². The lowest BCUT2D eigenvalue weighted by molar-refractivity contribution is -0.136. The van der Waals surface area contributed by atoms with Crippen molar-refractivity contribution < 1.29 is 23.6 Å². The van der Waals surface area contributed by atoms with Gasteiger partial charge in [0.15, 0.2) is 11.6 Å². The first-order chi connectivity index (χ1) is 13.8. The molecule has 0 saturated carbocycles. The van der Waals surface area contributed by atoms with Gasteiger partial charge in [0.25, 0.3) is 0 Å². The molecule has 1 saturated heterocycles. The van der Waals surface area contributed by atoms with Crippen LogP contribution in [0.3, 0.4) is 0 Å². The molecule has 2 heterocycles. The topological polar surface area (TPSA) is 105 Å². The molecule has 2 aromatic rings. The molecule has 29 heavy (non-hydrogen) atoms. The summed E-state index contributed by atoms with van der Waals surface area (Å²) in [5.41, 5.74) is 2.16. The number of carbonyl (C=O) groups is 4. The number of nitrogens with one attached hydrogen (secondary N) is 2. The van der Waals surface area contributed by atoms with Gasteiger partial charge in [-0.25, -0.2) is 0 Å². The maximum absolute atomic E-state index is 12.9. The summed E-state index contributed by atoms with van der Waals surface area (Å²) in [6.45, 7) is 5.62. The number of piperidine rings is 1. The second-order valence-corrected chi connectivity index (χ2v) is 7.37. The lowest BCUT2D eigenvalue weighted by atomic mass is 9.88. The number of rotatable bonds is 7. The van der Waals surface area contributed by atoms with E-state index in [2.05, 4.69) is 10.6 Å². The molecule has 7 nitrogen and oxygen atoms in total. The minimum atomic E-state index is -0.564. The summed E-state index contributed by atoms with van der Waals surface area (Å²) >= 11 is 0. The Balaban J connectivity index is 1.80. The second-order valence-electron chi connectivity index (χ2n) is 7.37. The minimum Gasteiger partial charge on any atom is -0.464 e. The molecule has 3 rings (SSSR count). The highest BCUT2D eigenvalue weighted by Gasteiger charge is 2.30. The van der Waals surface area contributed by atoms with Gasteiger partial charge in [0.05, 0.1) is 12.1 Å². The highest BCUT2D eigenvalue weighted by atomic mass is 16.3. The van der Waals surface area contributed by atoms with E-state index in [0.717, 1.165) is 17.1 Å². The molecule has 0 spiro atoms. The number of amides is 2. The Labute approximate surface area is 168 Å². The number of hydrogen-bond acceptors (Lipinski definition) is 6. The molecule has 0 radical (unpaired) electrons. The maximum atomic E-state index is 12.9. The number of anilines is 1. The van der Waals surface area contributed by atoms with E-state index in [1.807, 2.05) is 19.9 Å². The molecule has 7 heteroatoms. The molecular formula is C22H24N2O5. The van der Waals surface area contributed by atoms with Crippen LogP contribution in [-0.4, -0.2) is 23.4 Å². The Morgan fingerprint density at radius 3 is 2.62 bits per heavy atom. The van der Waals surface area contributed by atoms with Gasteiger partial charge in [-0.15, -0.1) is 0 Å². The third-order valence-electron chi connectivity index (χ3n) is 5.17. The Kier molecular flexibility index (Phi) is 5.96. The van der Waals surface area contributed by atoms with Crippen LogP contribution in [0.15, 0.2) is 28.7 Å². The molecule has 0 aliphatic carbocycles. The minimum absolute atomic E-state index is 0.0422. The number of Topliss-reactive ketones (excluding diaryl/α,β-unsaturated/α-hetero) is 2. The van der Waals surface area contributed by atoms with Crippen molar-refractivity contribution in [3.8, 4) is 0 Å². The largest absolute Gasteiger partial charge is 0.464 e. The van der Waals surface area contributed by atoms with Crippen LogP contribution in [0.1, 0.15) is 64.0 Å². The van der Waals surface area contributed by atoms with Crippen LogP contribution in [0.2, 0.25) is 0 Å². The molecule has 2 amide bonds. The number of imide groups is 1. The molecule has 152 valence electrons. The van der Waals surface area contributed by atoms with Crippen molar-refractivity contribution >= 4 is 29.1 Å². The summed E-state index contributed by atoms with van der Waals surface area (Å²) in [7, 11) is 0. The van der Waals surface area contributed by atoms with Gasteiger partial charge in [0, 0.05) is 30.0 Å². The van der Waals surface area contributed by atoms with Crippen molar-refractivity contribution in [3.05, 3.63) is 52.5 Å². The zero-order valence-electron chi connectivity index (χ0n) is 16.8. The molecule has 1 atom stereocenters. The molecule has 2 N–H and O–H groups in total. The number of furan rings is 1. The van der Waals surface area contributed by atoms with Crippen molar-refractivity contribution in [1.29, 1.82) is 0 Å². The maximum Gasteiger partial charge on any atom is 0.230 e. The molecule has 1 aromatic carbocycles. The molecule has 1 aliphatic heterocycles. The van der Waals surface area contributed by atoms with Gasteiger partial charge in [-0.2, -0.15) is 0 Å². The predicted octanol–water partition coefficient (Wildman–Crippen LogP) is 3.34. The van der Waals surface area contributed by atoms with Gasteiger partial charge in [0.1, 0.15) is 11.5 Å². The number of benzene rings is 1. The van der Waals surface area contributed by atoms with E-state index in [0.29, 0.717) is 24.2 Å². The van der Waals surface area contributed by atoms with E-state index in [4.69, 9.17) is 4.42 Å². The fourth-order valence-electron chi connectivity index (χ4n) is 3.50. The zero-order valence-corrected chi connectivity index (χ0v) is 16.8. The van der Waals surface area contributed by atoms with Crippen LogP contribution in [-0.2, 0) is 16.1 Å². The normalized spacial score (nSPS) is 16.4. The van der Waals surface area contributed by atoms with Gasteiger partial charge in [-0.3, -0.25) is 24.5 Å². The Morgan fingerprint density at radius 2 is 2.00 bits per heavy atom. The van der Waals surface area contributed by atoms with E-state index in [-0.39, 0.29) is 35.9 Å². The highest BCUT2D eigenvalue weighted by molar-refractivity contribution is 6.12. The van der Waals surface area contributed by atoms with Crippen LogP contribution < -0.4 is 10.6 Å². The van der Waals surface area contributed by atoms with E-state index in [1.165, 1.54) is 6.92 Å². The van der Waals surface area contributed by atoms with Gasteiger partial charge in [-0.1, -0.05) is 12.1 Å². The third kappa shape index (κ3) is 4.62. The van der Waals surface area contributed by atoms with E-state index in [1.54, 1.807) is 18.2 Å². The standard InChI is InChI=1S/C22H24N2O5/c1-12-9-16(29-14(12)3)11-23-18-6-4-5-17(21(18)13(2)25)19(26)10-15-7-8-20(27)24-22(15)28/h4-6,9,15,23H,7-8,10-11H2,1-3H3,(H,24,27,28). The van der Waals surface area contributed by atoms with Crippen molar-refractivity contribution in [2.75, 3.05) is 5.32 Å². The number of carbonyl (C=O) groups excluding carboxylic acids is 4. The quantitative estimate of drug-likeness (QED) is 0.549. The molecule has 1 aromatic heterocycles. The lowest BCUT2D eigenvalue weighted by Crippen LogP contribution is -2.41. The molecule has 1 fully saturated rings. The highest BCUT2D eigenvalue weighted by Crippen LogP contribution is 2.26. The smallest absolute Gasteiger partial charge is 0.230 e. The summed E-state index contributed by atoms with van der Waals surface area (Å²) in [6, 6.07) is 6.96. The fraction of sp³-hybridized carbons (Fsp3) is 0.364. The van der Waals surface area contributed by atoms with Crippen molar-refractivity contribution in [3.63, 3.8) is 0 Å². The van der Waals surface area contributed by atoms with Gasteiger partial charge >= 0.3 is 0 Å². The average molecular weight is 396 g/mol. The predicted molar refractivity (Wildman–Crippen MR) is 107 cm³/mol. The van der Waals surface area contributed by atoms with Crippen molar-refractivity contribution in [2.24, 2.45) is 5.92 Å². The molecular weight excluding hydrogens is 372 g/mol. The Bertz CT molecular complexity index is 970. The summed E-state index contributed by atoms with van der Waals surface area (Å²) < 4.78 is 5.65. The average Bonchev–Trinajstić information content (AvgIpc) is 2.99. The van der Waals surface area contributed by atoms with Crippen LogP contribution in [0.5, 0.6) is 0 Å². The summed E-state index contributed by atoms with van der Waals surface area (Å²) in [6.07, 6.45) is 0.507. The lowest BCUT2D eigenvalue weighted by Gasteiger charge is -2.20. The van der Waals surface area contributed by atoms with Gasteiger partial charge in [-0.05, 0) is 44.9 Å².